The highest BCUT2D eigenvalue weighted by Crippen LogP contribution is 2.36. The van der Waals surface area contributed by atoms with E-state index in [0.29, 0.717) is 23.7 Å². The number of hydrogen-bond acceptors (Lipinski definition) is 7. The van der Waals surface area contributed by atoms with Crippen LogP contribution in [0.4, 0.5) is 11.5 Å². The zero-order chi connectivity index (χ0) is 19.1. The van der Waals surface area contributed by atoms with E-state index in [1.165, 1.54) is 0 Å². The van der Waals surface area contributed by atoms with Gasteiger partial charge in [0.15, 0.2) is 11.6 Å². The minimum Gasteiger partial charge on any atom is -0.490 e. The summed E-state index contributed by atoms with van der Waals surface area (Å²) in [6.45, 7) is 4.06. The lowest BCUT2D eigenvalue weighted by atomic mass is 10.1. The summed E-state index contributed by atoms with van der Waals surface area (Å²) in [5.74, 6) is 1.91. The van der Waals surface area contributed by atoms with Gasteiger partial charge in [0.2, 0.25) is 5.75 Å². The van der Waals surface area contributed by atoms with Crippen molar-refractivity contribution in [2.24, 2.45) is 0 Å². The van der Waals surface area contributed by atoms with Gasteiger partial charge in [-0.2, -0.15) is 0 Å². The first kappa shape index (κ1) is 19.4. The van der Waals surface area contributed by atoms with Gasteiger partial charge in [0, 0.05) is 24.6 Å². The van der Waals surface area contributed by atoms with Crippen LogP contribution >= 0.6 is 0 Å². The molecule has 0 unspecified atom stereocenters. The number of aromatic nitrogens is 2. The van der Waals surface area contributed by atoms with Crippen LogP contribution in [-0.4, -0.2) is 48.0 Å². The van der Waals surface area contributed by atoms with Crippen LogP contribution in [-0.2, 0) is 6.42 Å². The molecule has 1 aliphatic rings. The van der Waals surface area contributed by atoms with Crippen molar-refractivity contribution < 1.29 is 14.6 Å². The van der Waals surface area contributed by atoms with Crippen molar-refractivity contribution in [1.82, 2.24) is 15.3 Å². The maximum absolute atomic E-state index is 8.97. The predicted octanol–water partition coefficient (Wildman–Crippen LogP) is 2.59. The van der Waals surface area contributed by atoms with E-state index < -0.39 is 0 Å². The van der Waals surface area contributed by atoms with Crippen LogP contribution < -0.4 is 20.1 Å². The van der Waals surface area contributed by atoms with Gasteiger partial charge in [0.1, 0.15) is 6.10 Å². The van der Waals surface area contributed by atoms with Gasteiger partial charge in [-0.25, -0.2) is 4.98 Å². The van der Waals surface area contributed by atoms with Gasteiger partial charge >= 0.3 is 0 Å². The highest BCUT2D eigenvalue weighted by Gasteiger charge is 2.19. The number of anilines is 2. The molecule has 7 nitrogen and oxygen atoms in total. The lowest BCUT2D eigenvalue weighted by Crippen LogP contribution is -2.34. The van der Waals surface area contributed by atoms with Crippen LogP contribution in [0.5, 0.6) is 11.5 Å². The van der Waals surface area contributed by atoms with Crippen LogP contribution in [0.15, 0.2) is 24.4 Å². The largest absolute Gasteiger partial charge is 0.490 e. The van der Waals surface area contributed by atoms with E-state index >= 15 is 0 Å². The molecule has 1 saturated heterocycles. The summed E-state index contributed by atoms with van der Waals surface area (Å²) in [5, 5.41) is 15.6. The van der Waals surface area contributed by atoms with Crippen molar-refractivity contribution in [3.8, 4) is 11.5 Å². The second kappa shape index (κ2) is 9.53. The van der Waals surface area contributed by atoms with Gasteiger partial charge in [-0.05, 0) is 57.8 Å². The van der Waals surface area contributed by atoms with Crippen LogP contribution in [0.2, 0.25) is 0 Å². The first-order valence-corrected chi connectivity index (χ1v) is 9.46. The third-order valence-electron chi connectivity index (χ3n) is 4.64. The number of piperidine rings is 1. The third kappa shape index (κ3) is 5.08. The lowest BCUT2D eigenvalue weighted by Gasteiger charge is -2.25. The molecule has 0 atom stereocenters. The molecule has 0 saturated carbocycles. The molecule has 2 aromatic heterocycles. The molecule has 0 aromatic carbocycles. The monoisotopic (exact) mass is 372 g/mol. The SMILES string of the molecule is COc1c(OC2CCNCC2)ccnc1Nc1ccc(CCCO)nc1C. The number of aliphatic hydroxyl groups is 1. The Labute approximate surface area is 160 Å². The van der Waals surface area contributed by atoms with E-state index in [0.717, 1.165) is 49.4 Å². The maximum atomic E-state index is 8.97. The van der Waals surface area contributed by atoms with Crippen molar-refractivity contribution in [3.63, 3.8) is 0 Å². The molecule has 0 spiro atoms. The average Bonchev–Trinajstić information content (AvgIpc) is 2.69. The Morgan fingerprint density at radius 2 is 2.07 bits per heavy atom. The van der Waals surface area contributed by atoms with E-state index in [4.69, 9.17) is 14.6 Å². The highest BCUT2D eigenvalue weighted by atomic mass is 16.5. The second-order valence-corrected chi connectivity index (χ2v) is 6.65. The number of aryl methyl sites for hydroxylation is 2. The standard InChI is InChI=1S/C20H28N4O3/c1-14-17(6-5-15(23-14)4-3-13-25)24-20-19(26-2)18(9-12-22-20)27-16-7-10-21-11-8-16/h5-6,9,12,16,21,25H,3-4,7-8,10-11,13H2,1-2H3,(H,22,24). The Morgan fingerprint density at radius 3 is 2.78 bits per heavy atom. The molecule has 1 fully saturated rings. The third-order valence-corrected chi connectivity index (χ3v) is 4.64. The van der Waals surface area contributed by atoms with Gasteiger partial charge < -0.3 is 25.2 Å². The zero-order valence-electron chi connectivity index (χ0n) is 16.0. The predicted molar refractivity (Wildman–Crippen MR) is 105 cm³/mol. The topological polar surface area (TPSA) is 88.5 Å². The number of methoxy groups -OCH3 is 1. The quantitative estimate of drug-likeness (QED) is 0.656. The molecule has 0 radical (unpaired) electrons. The fourth-order valence-corrected chi connectivity index (χ4v) is 3.17. The number of rotatable bonds is 8. The van der Waals surface area contributed by atoms with Gasteiger partial charge in [0.05, 0.1) is 18.5 Å². The molecule has 146 valence electrons. The summed E-state index contributed by atoms with van der Waals surface area (Å²) in [6.07, 6.45) is 5.34. The Morgan fingerprint density at radius 1 is 1.26 bits per heavy atom. The first-order valence-electron chi connectivity index (χ1n) is 9.46. The fourth-order valence-electron chi connectivity index (χ4n) is 3.17. The number of aliphatic hydroxyl groups excluding tert-OH is 1. The van der Waals surface area contributed by atoms with Crippen molar-refractivity contribution in [2.45, 2.75) is 38.7 Å². The summed E-state index contributed by atoms with van der Waals surface area (Å²) in [6, 6.07) is 5.79. The Hall–Kier alpha value is -2.38. The van der Waals surface area contributed by atoms with Crippen molar-refractivity contribution in [1.29, 1.82) is 0 Å². The van der Waals surface area contributed by atoms with Crippen LogP contribution in [0.3, 0.4) is 0 Å². The summed E-state index contributed by atoms with van der Waals surface area (Å²) >= 11 is 0. The van der Waals surface area contributed by atoms with Crippen LogP contribution in [0.25, 0.3) is 0 Å². The Balaban J connectivity index is 1.77. The summed E-state index contributed by atoms with van der Waals surface area (Å²) in [7, 11) is 1.63. The summed E-state index contributed by atoms with van der Waals surface area (Å²) in [4.78, 5) is 9.02. The maximum Gasteiger partial charge on any atom is 0.204 e. The second-order valence-electron chi connectivity index (χ2n) is 6.65. The normalized spacial score (nSPS) is 14.8. The van der Waals surface area contributed by atoms with Gasteiger partial charge in [0.25, 0.3) is 0 Å². The fraction of sp³-hybridized carbons (Fsp3) is 0.500. The number of nitrogens with one attached hydrogen (secondary N) is 2. The number of nitrogens with zero attached hydrogens (tertiary/aromatic N) is 2. The average molecular weight is 372 g/mol. The molecule has 1 aliphatic heterocycles. The minimum atomic E-state index is 0.172. The zero-order valence-corrected chi connectivity index (χ0v) is 16.0. The molecular formula is C20H28N4O3. The molecule has 0 amide bonds. The molecule has 27 heavy (non-hydrogen) atoms. The molecule has 2 aromatic rings. The van der Waals surface area contributed by atoms with Gasteiger partial charge in [-0.15, -0.1) is 0 Å². The van der Waals surface area contributed by atoms with Gasteiger partial charge in [-0.1, -0.05) is 0 Å². The molecule has 0 aliphatic carbocycles. The Bertz CT molecular complexity index is 748. The van der Waals surface area contributed by atoms with Crippen molar-refractivity contribution in [2.75, 3.05) is 32.1 Å². The molecule has 3 N–H and O–H groups in total. The Kier molecular flexibility index (Phi) is 6.84. The van der Waals surface area contributed by atoms with Crippen LogP contribution in [0, 0.1) is 6.92 Å². The van der Waals surface area contributed by atoms with Crippen LogP contribution in [0.1, 0.15) is 30.7 Å². The van der Waals surface area contributed by atoms with Gasteiger partial charge in [-0.3, -0.25) is 4.98 Å². The molecule has 3 rings (SSSR count). The van der Waals surface area contributed by atoms with E-state index in [1.54, 1.807) is 13.3 Å². The van der Waals surface area contributed by atoms with E-state index in [9.17, 15) is 0 Å². The smallest absolute Gasteiger partial charge is 0.204 e. The first-order chi connectivity index (χ1) is 13.2. The minimum absolute atomic E-state index is 0.172. The van der Waals surface area contributed by atoms with E-state index in [-0.39, 0.29) is 12.7 Å². The molecule has 0 bridgehead atoms. The number of ether oxygens (including phenoxy) is 2. The van der Waals surface area contributed by atoms with E-state index in [1.807, 2.05) is 25.1 Å². The highest BCUT2D eigenvalue weighted by molar-refractivity contribution is 5.67. The van der Waals surface area contributed by atoms with Crippen molar-refractivity contribution in [3.05, 3.63) is 35.8 Å². The summed E-state index contributed by atoms with van der Waals surface area (Å²) < 4.78 is 11.8. The lowest BCUT2D eigenvalue weighted by molar-refractivity contribution is 0.156. The van der Waals surface area contributed by atoms with Crippen molar-refractivity contribution >= 4 is 11.5 Å². The molecule has 7 heteroatoms. The number of hydrogen-bond donors (Lipinski definition) is 3. The molecular weight excluding hydrogens is 344 g/mol. The van der Waals surface area contributed by atoms with E-state index in [2.05, 4.69) is 20.6 Å². The summed E-state index contributed by atoms with van der Waals surface area (Å²) in [5.41, 5.74) is 2.71. The number of pyridine rings is 2. The molecule has 3 heterocycles.